The van der Waals surface area contributed by atoms with Crippen LogP contribution in [-0.4, -0.2) is 79.7 Å². The van der Waals surface area contributed by atoms with Crippen LogP contribution in [0.3, 0.4) is 0 Å². The van der Waals surface area contributed by atoms with Crippen LogP contribution < -0.4 is 5.73 Å². The molecule has 6 atom stereocenters. The Morgan fingerprint density at radius 3 is 1.98 bits per heavy atom. The van der Waals surface area contributed by atoms with Gasteiger partial charge in [0.05, 0.1) is 23.6 Å². The summed E-state index contributed by atoms with van der Waals surface area (Å²) in [5.41, 5.74) is 3.67. The molecule has 3 aliphatic rings. The summed E-state index contributed by atoms with van der Waals surface area (Å²) in [7, 11) is 3.00. The minimum Gasteiger partial charge on any atom is -0.510 e. The fraction of sp³-hybridized carbons (Fsp3) is 0.265. The minimum atomic E-state index is -2.97. The van der Waals surface area contributed by atoms with E-state index < -0.39 is 75.6 Å². The lowest BCUT2D eigenvalue weighted by Crippen LogP contribution is -2.68. The summed E-state index contributed by atoms with van der Waals surface area (Å²) in [5, 5.41) is 58.4. The largest absolute Gasteiger partial charge is 0.510 e. The number of phenolic OH excluding ortho intramolecular Hbond substituents is 1. The van der Waals surface area contributed by atoms with Crippen molar-refractivity contribution in [1.82, 2.24) is 4.90 Å². The molecule has 3 aliphatic carbocycles. The maximum absolute atomic E-state index is 14.5. The molecule has 0 aromatic heterocycles. The van der Waals surface area contributed by atoms with Gasteiger partial charge in [0.2, 0.25) is 5.78 Å². The molecule has 3 aromatic carbocycles. The molecule has 0 spiro atoms. The van der Waals surface area contributed by atoms with E-state index in [2.05, 4.69) is 0 Å². The van der Waals surface area contributed by atoms with Crippen LogP contribution in [0, 0.1) is 11.8 Å². The molecule has 0 unspecified atom stereocenters. The van der Waals surface area contributed by atoms with Crippen LogP contribution in [0.5, 0.6) is 5.75 Å². The first-order valence-electron chi connectivity index (χ1n) is 14.2. The van der Waals surface area contributed by atoms with Crippen molar-refractivity contribution in [3.05, 3.63) is 101 Å². The first-order chi connectivity index (χ1) is 20.8. The minimum absolute atomic E-state index is 0.134. The highest BCUT2D eigenvalue weighted by Gasteiger charge is 2.67. The number of carbonyl (C=O) groups is 3. The molecule has 6 rings (SSSR count). The summed E-state index contributed by atoms with van der Waals surface area (Å²) in [6.45, 7) is 1.73. The van der Waals surface area contributed by atoms with Crippen LogP contribution in [0.2, 0.25) is 0 Å². The highest BCUT2D eigenvalue weighted by Crippen LogP contribution is 2.57. The van der Waals surface area contributed by atoms with E-state index in [0.717, 1.165) is 5.56 Å². The fourth-order valence-electron chi connectivity index (χ4n) is 7.47. The molecule has 226 valence electrons. The van der Waals surface area contributed by atoms with Gasteiger partial charge in [-0.3, -0.25) is 19.3 Å². The molecular weight excluding hydrogens is 564 g/mol. The Hall–Kier alpha value is -4.77. The highest BCUT2D eigenvalue weighted by molar-refractivity contribution is 6.25. The fourth-order valence-corrected chi connectivity index (χ4v) is 7.47. The molecule has 0 bridgehead atoms. The standard InChI is InChI=1S/C34H32N2O8/c1-15-20-18(16-10-6-4-7-11-16)14-19(17-12-8-5-9-13-17)27(37)22(20)28(38)23-21(15)29(39)25-26(36(2)3)30(40)24(33(35)43)32(42)34(25,44)31(23)41/h4-15,21,25-26,29,37,39-41,44H,1-3H3,(H2,35,43)/t15-,21+,25+,26-,29-,34-/m1/s1. The van der Waals surface area contributed by atoms with Crippen molar-refractivity contribution in [3.8, 4) is 28.0 Å². The predicted molar refractivity (Wildman–Crippen MR) is 161 cm³/mol. The average Bonchev–Trinajstić information content (AvgIpc) is 2.99. The van der Waals surface area contributed by atoms with Gasteiger partial charge in [-0.2, -0.15) is 0 Å². The highest BCUT2D eigenvalue weighted by atomic mass is 16.4. The number of aliphatic hydroxyl groups is 4. The third-order valence-corrected chi connectivity index (χ3v) is 9.40. The number of amides is 1. The van der Waals surface area contributed by atoms with Crippen molar-refractivity contribution in [1.29, 1.82) is 0 Å². The summed E-state index contributed by atoms with van der Waals surface area (Å²) in [6.07, 6.45) is -1.68. The SMILES string of the molecule is C[C@@H]1c2c(-c3ccccc3)cc(-c3ccccc3)c(O)c2C(=O)C2=C(O)[C@@]3(O)C(=O)C(C(N)=O)=C(O)[C@H](N(C)C)[C@H]3[C@H](O)[C@H]21. The van der Waals surface area contributed by atoms with E-state index in [1.807, 2.05) is 36.4 Å². The first-order valence-corrected chi connectivity index (χ1v) is 14.2. The summed E-state index contributed by atoms with van der Waals surface area (Å²) in [4.78, 5) is 41.8. The second-order valence-electron chi connectivity index (χ2n) is 11.9. The average molecular weight is 597 g/mol. The van der Waals surface area contributed by atoms with Gasteiger partial charge in [-0.1, -0.05) is 67.6 Å². The molecule has 10 nitrogen and oxygen atoms in total. The number of likely N-dealkylation sites (N-methyl/N-ethyl adjacent to an activating group) is 1. The van der Waals surface area contributed by atoms with Gasteiger partial charge in [-0.15, -0.1) is 0 Å². The Kier molecular flexibility index (Phi) is 6.77. The number of ketones is 2. The van der Waals surface area contributed by atoms with Crippen LogP contribution in [-0.2, 0) is 9.59 Å². The number of hydrogen-bond donors (Lipinski definition) is 6. The molecular formula is C34H32N2O8. The molecule has 0 saturated heterocycles. The van der Waals surface area contributed by atoms with Crippen molar-refractivity contribution >= 4 is 17.5 Å². The normalized spacial score (nSPS) is 28.1. The second-order valence-corrected chi connectivity index (χ2v) is 11.9. The summed E-state index contributed by atoms with van der Waals surface area (Å²) in [5.74, 6) is -9.30. The van der Waals surface area contributed by atoms with Crippen LogP contribution in [0.1, 0.15) is 28.8 Å². The number of nitrogens with two attached hydrogens (primary N) is 1. The Morgan fingerprint density at radius 1 is 0.909 bits per heavy atom. The maximum atomic E-state index is 14.5. The van der Waals surface area contributed by atoms with Crippen molar-refractivity contribution in [3.63, 3.8) is 0 Å². The van der Waals surface area contributed by atoms with Crippen molar-refractivity contribution in [2.45, 2.75) is 30.6 Å². The number of phenols is 1. The number of benzene rings is 3. The molecule has 0 saturated carbocycles. The number of primary amides is 1. The number of hydrogen-bond acceptors (Lipinski definition) is 9. The lowest BCUT2D eigenvalue weighted by Gasteiger charge is -2.53. The van der Waals surface area contributed by atoms with Crippen molar-refractivity contribution < 1.29 is 39.9 Å². The van der Waals surface area contributed by atoms with Gasteiger partial charge in [0, 0.05) is 17.1 Å². The molecule has 0 aliphatic heterocycles. The molecule has 1 amide bonds. The van der Waals surface area contributed by atoms with E-state index in [0.29, 0.717) is 22.3 Å². The van der Waals surface area contributed by atoms with E-state index in [4.69, 9.17) is 5.73 Å². The first kappa shape index (κ1) is 29.3. The van der Waals surface area contributed by atoms with Crippen LogP contribution in [0.25, 0.3) is 22.3 Å². The Labute approximate surface area is 253 Å². The third kappa shape index (κ3) is 3.81. The van der Waals surface area contributed by atoms with E-state index in [9.17, 15) is 39.9 Å². The smallest absolute Gasteiger partial charge is 0.255 e. The molecule has 0 fully saturated rings. The van der Waals surface area contributed by atoms with Gasteiger partial charge in [-0.05, 0) is 48.3 Å². The molecule has 10 heteroatoms. The lowest BCUT2D eigenvalue weighted by atomic mass is 9.54. The van der Waals surface area contributed by atoms with Gasteiger partial charge in [0.1, 0.15) is 22.8 Å². The maximum Gasteiger partial charge on any atom is 0.255 e. The van der Waals surface area contributed by atoms with Gasteiger partial charge in [-0.25, -0.2) is 0 Å². The van der Waals surface area contributed by atoms with Crippen LogP contribution >= 0.6 is 0 Å². The number of aromatic hydroxyl groups is 1. The zero-order valence-corrected chi connectivity index (χ0v) is 24.2. The monoisotopic (exact) mass is 596 g/mol. The van der Waals surface area contributed by atoms with Gasteiger partial charge in [0.15, 0.2) is 11.4 Å². The molecule has 3 aromatic rings. The third-order valence-electron chi connectivity index (χ3n) is 9.40. The molecule has 0 radical (unpaired) electrons. The number of fused-ring (bicyclic) bond motifs is 3. The van der Waals surface area contributed by atoms with Crippen molar-refractivity contribution in [2.75, 3.05) is 14.1 Å². The van der Waals surface area contributed by atoms with E-state index in [-0.39, 0.29) is 11.3 Å². The van der Waals surface area contributed by atoms with E-state index >= 15 is 0 Å². The lowest BCUT2D eigenvalue weighted by molar-refractivity contribution is -0.162. The number of nitrogens with zero attached hydrogens (tertiary/aromatic N) is 1. The summed E-state index contributed by atoms with van der Waals surface area (Å²) >= 11 is 0. The number of carbonyl (C=O) groups excluding carboxylic acids is 3. The van der Waals surface area contributed by atoms with E-state index in [1.165, 1.54) is 19.0 Å². The molecule has 0 heterocycles. The number of aliphatic hydroxyl groups excluding tert-OH is 3. The summed E-state index contributed by atoms with van der Waals surface area (Å²) < 4.78 is 0. The molecule has 44 heavy (non-hydrogen) atoms. The van der Waals surface area contributed by atoms with Gasteiger partial charge in [0.25, 0.3) is 5.91 Å². The summed E-state index contributed by atoms with van der Waals surface area (Å²) in [6, 6.07) is 18.6. The van der Waals surface area contributed by atoms with Crippen LogP contribution in [0.4, 0.5) is 0 Å². The number of rotatable bonds is 4. The van der Waals surface area contributed by atoms with Crippen LogP contribution in [0.15, 0.2) is 89.4 Å². The Balaban J connectivity index is 1.68. The zero-order valence-electron chi connectivity index (χ0n) is 24.2. The quantitative estimate of drug-likeness (QED) is 0.247. The van der Waals surface area contributed by atoms with Gasteiger partial charge >= 0.3 is 0 Å². The zero-order chi connectivity index (χ0) is 31.8. The topological polar surface area (TPSA) is 182 Å². The Bertz CT molecular complexity index is 1800. The van der Waals surface area contributed by atoms with Crippen molar-refractivity contribution in [2.24, 2.45) is 17.6 Å². The Morgan fingerprint density at radius 2 is 1.45 bits per heavy atom. The predicted octanol–water partition coefficient (Wildman–Crippen LogP) is 2.99. The van der Waals surface area contributed by atoms with Gasteiger partial charge < -0.3 is 31.3 Å². The number of Topliss-reactive ketones (excluding diaryl/α,β-unsaturated/α-hetero) is 2. The van der Waals surface area contributed by atoms with E-state index in [1.54, 1.807) is 37.3 Å². The second kappa shape index (κ2) is 10.2. The molecule has 7 N–H and O–H groups in total.